The summed E-state index contributed by atoms with van der Waals surface area (Å²) in [4.78, 5) is 14.4. The SMILES string of the molecule is O=C(CCC1CCCC1)N1CCS[C@@H]1c1ccco1. The minimum Gasteiger partial charge on any atom is -0.466 e. The lowest BCUT2D eigenvalue weighted by molar-refractivity contribution is -0.131. The largest absolute Gasteiger partial charge is 0.466 e. The Kier molecular flexibility index (Phi) is 4.16. The molecule has 1 saturated heterocycles. The van der Waals surface area contributed by atoms with Crippen molar-refractivity contribution in [3.8, 4) is 0 Å². The number of carbonyl (C=O) groups is 1. The van der Waals surface area contributed by atoms with E-state index in [-0.39, 0.29) is 5.37 Å². The van der Waals surface area contributed by atoms with Crippen molar-refractivity contribution in [3.63, 3.8) is 0 Å². The van der Waals surface area contributed by atoms with Crippen molar-refractivity contribution in [3.05, 3.63) is 24.2 Å². The minimum atomic E-state index is 0.103. The van der Waals surface area contributed by atoms with Gasteiger partial charge in [0.05, 0.1) is 6.26 Å². The van der Waals surface area contributed by atoms with Crippen LogP contribution in [0, 0.1) is 5.92 Å². The monoisotopic (exact) mass is 279 g/mol. The first-order chi connectivity index (χ1) is 9.34. The van der Waals surface area contributed by atoms with Gasteiger partial charge in [-0.25, -0.2) is 0 Å². The van der Waals surface area contributed by atoms with Gasteiger partial charge < -0.3 is 9.32 Å². The molecule has 4 heteroatoms. The van der Waals surface area contributed by atoms with Crippen LogP contribution in [0.25, 0.3) is 0 Å². The van der Waals surface area contributed by atoms with E-state index in [1.807, 2.05) is 17.0 Å². The van der Waals surface area contributed by atoms with Crippen LogP contribution >= 0.6 is 11.8 Å². The summed E-state index contributed by atoms with van der Waals surface area (Å²) in [7, 11) is 0. The molecule has 0 aromatic carbocycles. The zero-order valence-corrected chi connectivity index (χ0v) is 12.0. The summed E-state index contributed by atoms with van der Waals surface area (Å²) in [5, 5.41) is 0.103. The number of carbonyl (C=O) groups excluding carboxylic acids is 1. The van der Waals surface area contributed by atoms with Gasteiger partial charge in [0, 0.05) is 18.7 Å². The van der Waals surface area contributed by atoms with Crippen LogP contribution in [0.5, 0.6) is 0 Å². The van der Waals surface area contributed by atoms with Crippen molar-refractivity contribution in [1.29, 1.82) is 0 Å². The van der Waals surface area contributed by atoms with Crippen LogP contribution in [-0.2, 0) is 4.79 Å². The average Bonchev–Trinajstić information content (AvgIpc) is 3.14. The van der Waals surface area contributed by atoms with Gasteiger partial charge in [0.2, 0.25) is 5.91 Å². The third-order valence-electron chi connectivity index (χ3n) is 4.24. The highest BCUT2D eigenvalue weighted by atomic mass is 32.2. The van der Waals surface area contributed by atoms with E-state index in [9.17, 15) is 4.79 Å². The molecule has 1 amide bonds. The zero-order valence-electron chi connectivity index (χ0n) is 11.2. The summed E-state index contributed by atoms with van der Waals surface area (Å²) in [6.45, 7) is 0.861. The molecule has 0 radical (unpaired) electrons. The van der Waals surface area contributed by atoms with Crippen molar-refractivity contribution in [2.45, 2.75) is 43.9 Å². The fourth-order valence-corrected chi connectivity index (χ4v) is 4.39. The van der Waals surface area contributed by atoms with E-state index in [1.165, 1.54) is 25.7 Å². The summed E-state index contributed by atoms with van der Waals surface area (Å²) in [5.74, 6) is 3.02. The normalized spacial score (nSPS) is 24.2. The molecule has 0 unspecified atom stereocenters. The molecule has 0 bridgehead atoms. The highest BCUT2D eigenvalue weighted by molar-refractivity contribution is 7.99. The Morgan fingerprint density at radius 2 is 2.26 bits per heavy atom. The number of hydrogen-bond donors (Lipinski definition) is 0. The van der Waals surface area contributed by atoms with E-state index in [2.05, 4.69) is 0 Å². The van der Waals surface area contributed by atoms with Gasteiger partial charge in [-0.2, -0.15) is 0 Å². The van der Waals surface area contributed by atoms with Crippen LogP contribution in [0.2, 0.25) is 0 Å². The molecule has 1 aromatic rings. The second-order valence-electron chi connectivity index (χ2n) is 5.51. The van der Waals surface area contributed by atoms with Gasteiger partial charge in [0.25, 0.3) is 0 Å². The highest BCUT2D eigenvalue weighted by Gasteiger charge is 2.32. The van der Waals surface area contributed by atoms with E-state index in [0.717, 1.165) is 30.4 Å². The number of rotatable bonds is 4. The predicted molar refractivity (Wildman–Crippen MR) is 76.8 cm³/mol. The van der Waals surface area contributed by atoms with E-state index < -0.39 is 0 Å². The third-order valence-corrected chi connectivity index (χ3v) is 5.46. The second kappa shape index (κ2) is 6.04. The Hall–Kier alpha value is -0.900. The molecular weight excluding hydrogens is 258 g/mol. The van der Waals surface area contributed by atoms with Crippen molar-refractivity contribution in [2.75, 3.05) is 12.3 Å². The van der Waals surface area contributed by atoms with Gasteiger partial charge in [0.15, 0.2) is 0 Å². The number of thioether (sulfide) groups is 1. The minimum absolute atomic E-state index is 0.103. The van der Waals surface area contributed by atoms with Gasteiger partial charge in [-0.1, -0.05) is 25.7 Å². The fourth-order valence-electron chi connectivity index (χ4n) is 3.16. The maximum atomic E-state index is 12.4. The van der Waals surface area contributed by atoms with Crippen molar-refractivity contribution in [1.82, 2.24) is 4.90 Å². The summed E-state index contributed by atoms with van der Waals surface area (Å²) < 4.78 is 5.46. The van der Waals surface area contributed by atoms with Crippen LogP contribution in [0.15, 0.2) is 22.8 Å². The lowest BCUT2D eigenvalue weighted by atomic mass is 10.0. The molecule has 1 aliphatic carbocycles. The molecule has 2 heterocycles. The second-order valence-corrected chi connectivity index (χ2v) is 6.70. The first-order valence-electron chi connectivity index (χ1n) is 7.29. The molecule has 0 spiro atoms. The maximum absolute atomic E-state index is 12.4. The Labute approximate surface area is 118 Å². The molecule has 1 aliphatic heterocycles. The molecule has 3 nitrogen and oxygen atoms in total. The smallest absolute Gasteiger partial charge is 0.223 e. The Balaban J connectivity index is 1.56. The van der Waals surface area contributed by atoms with Crippen molar-refractivity contribution < 1.29 is 9.21 Å². The number of amides is 1. The molecule has 2 aliphatic rings. The molecule has 19 heavy (non-hydrogen) atoms. The van der Waals surface area contributed by atoms with Gasteiger partial charge in [-0.15, -0.1) is 11.8 Å². The van der Waals surface area contributed by atoms with E-state index in [4.69, 9.17) is 4.42 Å². The summed E-state index contributed by atoms with van der Waals surface area (Å²) >= 11 is 1.81. The van der Waals surface area contributed by atoms with Crippen LogP contribution in [0.4, 0.5) is 0 Å². The fraction of sp³-hybridized carbons (Fsp3) is 0.667. The van der Waals surface area contributed by atoms with Crippen molar-refractivity contribution in [2.24, 2.45) is 5.92 Å². The highest BCUT2D eigenvalue weighted by Crippen LogP contribution is 2.39. The number of furan rings is 1. The van der Waals surface area contributed by atoms with Gasteiger partial charge >= 0.3 is 0 Å². The number of nitrogens with zero attached hydrogens (tertiary/aromatic N) is 1. The molecule has 1 atom stereocenters. The third kappa shape index (κ3) is 2.99. The van der Waals surface area contributed by atoms with Crippen LogP contribution in [-0.4, -0.2) is 23.1 Å². The molecule has 0 N–H and O–H groups in total. The lowest BCUT2D eigenvalue weighted by Gasteiger charge is -2.22. The topological polar surface area (TPSA) is 33.5 Å². The predicted octanol–water partition coefficient (Wildman–Crippen LogP) is 3.82. The molecule has 2 fully saturated rings. The maximum Gasteiger partial charge on any atom is 0.223 e. The summed E-state index contributed by atoms with van der Waals surface area (Å²) in [6, 6.07) is 3.87. The first-order valence-corrected chi connectivity index (χ1v) is 8.34. The van der Waals surface area contributed by atoms with E-state index >= 15 is 0 Å². The standard InChI is InChI=1S/C15H21NO2S/c17-14(8-7-12-4-1-2-5-12)16-9-11-19-15(16)13-6-3-10-18-13/h3,6,10,12,15H,1-2,4-5,7-9,11H2/t15-/m1/s1. The zero-order chi connectivity index (χ0) is 13.1. The summed E-state index contributed by atoms with van der Waals surface area (Å²) in [6.07, 6.45) is 8.83. The Bertz CT molecular complexity index is 412. The Morgan fingerprint density at radius 1 is 1.42 bits per heavy atom. The van der Waals surface area contributed by atoms with Gasteiger partial charge in [-0.05, 0) is 24.5 Å². The summed E-state index contributed by atoms with van der Waals surface area (Å²) in [5.41, 5.74) is 0. The molecule has 3 rings (SSSR count). The lowest BCUT2D eigenvalue weighted by Crippen LogP contribution is -2.30. The van der Waals surface area contributed by atoms with E-state index in [0.29, 0.717) is 12.3 Å². The van der Waals surface area contributed by atoms with Gasteiger partial charge in [0.1, 0.15) is 11.1 Å². The van der Waals surface area contributed by atoms with Gasteiger partial charge in [-0.3, -0.25) is 4.79 Å². The molecule has 1 aromatic heterocycles. The Morgan fingerprint density at radius 3 is 3.00 bits per heavy atom. The van der Waals surface area contributed by atoms with Crippen molar-refractivity contribution >= 4 is 17.7 Å². The van der Waals surface area contributed by atoms with Crippen LogP contribution in [0.1, 0.15) is 49.7 Å². The first kappa shape index (κ1) is 13.1. The molecule has 1 saturated carbocycles. The molecule has 104 valence electrons. The number of hydrogen-bond acceptors (Lipinski definition) is 3. The van der Waals surface area contributed by atoms with Crippen LogP contribution < -0.4 is 0 Å². The quantitative estimate of drug-likeness (QED) is 0.840. The van der Waals surface area contributed by atoms with E-state index in [1.54, 1.807) is 18.0 Å². The average molecular weight is 279 g/mol. The molecular formula is C15H21NO2S. The van der Waals surface area contributed by atoms with Crippen LogP contribution in [0.3, 0.4) is 0 Å².